The lowest BCUT2D eigenvalue weighted by Gasteiger charge is -2.08. The quantitative estimate of drug-likeness (QED) is 0.392. The maximum Gasteiger partial charge on any atom is 0.308 e. The molecule has 5 nitrogen and oxygen atoms in total. The van der Waals surface area contributed by atoms with Gasteiger partial charge >= 0.3 is 5.97 Å². The van der Waals surface area contributed by atoms with E-state index >= 15 is 0 Å². The Morgan fingerprint density at radius 2 is 2.00 bits per heavy atom. The lowest BCUT2D eigenvalue weighted by molar-refractivity contribution is -0.131. The first-order chi connectivity index (χ1) is 12.2. The molecule has 0 unspecified atom stereocenters. The second-order valence-corrected chi connectivity index (χ2v) is 5.33. The zero-order valence-electron chi connectivity index (χ0n) is 13.9. The van der Waals surface area contributed by atoms with Gasteiger partial charge in [-0.05, 0) is 23.8 Å². The summed E-state index contributed by atoms with van der Waals surface area (Å²) < 4.78 is 15.6. The number of carbonyl (C=O) groups excluding carboxylic acids is 1. The van der Waals surface area contributed by atoms with Crippen LogP contribution in [0.2, 0.25) is 0 Å². The zero-order valence-corrected chi connectivity index (χ0v) is 13.9. The van der Waals surface area contributed by atoms with Crippen LogP contribution in [-0.4, -0.2) is 18.2 Å². The number of nitrogens with zero attached hydrogens (tertiary/aromatic N) is 1. The molecule has 0 N–H and O–H groups in total. The first-order valence-corrected chi connectivity index (χ1v) is 7.71. The van der Waals surface area contributed by atoms with E-state index in [1.54, 1.807) is 19.4 Å². The van der Waals surface area contributed by atoms with Crippen LogP contribution in [0.5, 0.6) is 11.5 Å². The van der Waals surface area contributed by atoms with Crippen LogP contribution in [0.15, 0.2) is 59.3 Å². The van der Waals surface area contributed by atoms with Gasteiger partial charge in [0.15, 0.2) is 5.76 Å². The highest BCUT2D eigenvalue weighted by molar-refractivity contribution is 5.77. The number of hydrogen-bond donors (Lipinski definition) is 0. The molecule has 5 heteroatoms. The Hall–Kier alpha value is -3.34. The van der Waals surface area contributed by atoms with Crippen LogP contribution in [0.4, 0.5) is 0 Å². The van der Waals surface area contributed by atoms with Gasteiger partial charge in [0.1, 0.15) is 11.5 Å². The molecule has 2 aromatic carbocycles. The van der Waals surface area contributed by atoms with E-state index in [0.717, 1.165) is 16.7 Å². The van der Waals surface area contributed by atoms with E-state index in [-0.39, 0.29) is 5.97 Å². The minimum absolute atomic E-state index is 0.379. The largest absolute Gasteiger partial charge is 0.497 e. The van der Waals surface area contributed by atoms with Gasteiger partial charge in [0, 0.05) is 30.2 Å². The van der Waals surface area contributed by atoms with Gasteiger partial charge in [-0.2, -0.15) is 0 Å². The number of methoxy groups -OCH3 is 1. The third-order valence-electron chi connectivity index (χ3n) is 3.54. The topological polar surface area (TPSA) is 61.6 Å². The van der Waals surface area contributed by atoms with E-state index in [0.29, 0.717) is 17.3 Å². The average Bonchev–Trinajstić information content (AvgIpc) is 3.15. The summed E-state index contributed by atoms with van der Waals surface area (Å²) in [6.07, 6.45) is 5.44. The van der Waals surface area contributed by atoms with Gasteiger partial charge < -0.3 is 14.0 Å². The van der Waals surface area contributed by atoms with E-state index in [1.165, 1.54) is 6.92 Å². The fraction of sp³-hybridized carbons (Fsp3) is 0.100. The first-order valence-electron chi connectivity index (χ1n) is 7.71. The molecule has 0 fully saturated rings. The molecule has 3 aromatic rings. The molecular weight excluding hydrogens is 318 g/mol. The van der Waals surface area contributed by atoms with E-state index in [9.17, 15) is 4.79 Å². The summed E-state index contributed by atoms with van der Waals surface area (Å²) in [5.74, 6) is 1.41. The van der Waals surface area contributed by atoms with E-state index in [2.05, 4.69) is 5.16 Å². The number of aromatic nitrogens is 1. The number of carbonyl (C=O) groups is 1. The van der Waals surface area contributed by atoms with Gasteiger partial charge in [-0.3, -0.25) is 4.79 Å². The maximum atomic E-state index is 11.3. The van der Waals surface area contributed by atoms with Crippen molar-refractivity contribution in [2.75, 3.05) is 7.11 Å². The second kappa shape index (κ2) is 7.49. The van der Waals surface area contributed by atoms with Crippen molar-refractivity contribution in [3.8, 4) is 22.8 Å². The molecule has 3 rings (SSSR count). The van der Waals surface area contributed by atoms with E-state index < -0.39 is 0 Å². The van der Waals surface area contributed by atoms with Crippen molar-refractivity contribution in [3.05, 3.63) is 65.9 Å². The third kappa shape index (κ3) is 4.14. The summed E-state index contributed by atoms with van der Waals surface area (Å²) in [5.41, 5.74) is 2.70. The Bertz CT molecular complexity index is 898. The summed E-state index contributed by atoms with van der Waals surface area (Å²) >= 11 is 0. The van der Waals surface area contributed by atoms with E-state index in [1.807, 2.05) is 54.6 Å². The van der Waals surface area contributed by atoms with Crippen LogP contribution in [-0.2, 0) is 4.79 Å². The van der Waals surface area contributed by atoms with Crippen molar-refractivity contribution < 1.29 is 18.8 Å². The van der Waals surface area contributed by atoms with E-state index in [4.69, 9.17) is 14.0 Å². The molecule has 25 heavy (non-hydrogen) atoms. The van der Waals surface area contributed by atoms with Crippen LogP contribution in [0.3, 0.4) is 0 Å². The van der Waals surface area contributed by atoms with Crippen LogP contribution in [0.25, 0.3) is 23.5 Å². The molecule has 0 radical (unpaired) electrons. The average molecular weight is 335 g/mol. The Morgan fingerprint density at radius 1 is 1.12 bits per heavy atom. The fourth-order valence-electron chi connectivity index (χ4n) is 2.37. The van der Waals surface area contributed by atoms with Crippen LogP contribution < -0.4 is 9.47 Å². The normalized spacial score (nSPS) is 10.8. The Morgan fingerprint density at radius 3 is 2.72 bits per heavy atom. The molecule has 0 saturated heterocycles. The Kier molecular flexibility index (Phi) is 4.95. The standard InChI is InChI=1S/C20H17NO4/c1-14(22)24-20-13-18(23-2)9-8-16(20)7-6-15-4-3-5-17(12-15)19-10-11-21-25-19/h3-13H,1-2H3/b7-6+. The smallest absolute Gasteiger partial charge is 0.308 e. The number of benzene rings is 2. The maximum absolute atomic E-state index is 11.3. The molecule has 0 saturated carbocycles. The van der Waals surface area contributed by atoms with Crippen molar-refractivity contribution in [1.82, 2.24) is 5.16 Å². The molecule has 0 aliphatic heterocycles. The SMILES string of the molecule is COc1ccc(/C=C/c2cccc(-c3ccno3)c2)c(OC(C)=O)c1. The molecule has 1 aromatic heterocycles. The lowest BCUT2D eigenvalue weighted by atomic mass is 10.1. The van der Waals surface area contributed by atoms with Crippen LogP contribution in [0.1, 0.15) is 18.1 Å². The number of rotatable bonds is 5. The Labute approximate surface area is 145 Å². The predicted octanol–water partition coefficient (Wildman–Crippen LogP) is 4.45. The van der Waals surface area contributed by atoms with Crippen molar-refractivity contribution in [2.24, 2.45) is 0 Å². The fourth-order valence-corrected chi connectivity index (χ4v) is 2.37. The van der Waals surface area contributed by atoms with Crippen molar-refractivity contribution in [2.45, 2.75) is 6.92 Å². The summed E-state index contributed by atoms with van der Waals surface area (Å²) in [6.45, 7) is 1.37. The van der Waals surface area contributed by atoms with Gasteiger partial charge in [0.25, 0.3) is 0 Å². The molecule has 1 heterocycles. The van der Waals surface area contributed by atoms with Gasteiger partial charge in [-0.1, -0.05) is 35.5 Å². The minimum Gasteiger partial charge on any atom is -0.497 e. The van der Waals surface area contributed by atoms with Gasteiger partial charge in [-0.25, -0.2) is 0 Å². The third-order valence-corrected chi connectivity index (χ3v) is 3.54. The second-order valence-electron chi connectivity index (χ2n) is 5.33. The first kappa shape index (κ1) is 16.5. The zero-order chi connectivity index (χ0) is 17.6. The van der Waals surface area contributed by atoms with Crippen LogP contribution >= 0.6 is 0 Å². The molecule has 0 bridgehead atoms. The molecular formula is C20H17NO4. The summed E-state index contributed by atoms with van der Waals surface area (Å²) in [6, 6.07) is 15.0. The van der Waals surface area contributed by atoms with Gasteiger partial charge in [-0.15, -0.1) is 0 Å². The summed E-state index contributed by atoms with van der Waals surface area (Å²) in [5, 5.41) is 3.72. The highest BCUT2D eigenvalue weighted by Gasteiger charge is 2.07. The molecule has 126 valence electrons. The summed E-state index contributed by atoms with van der Waals surface area (Å²) in [7, 11) is 1.57. The summed E-state index contributed by atoms with van der Waals surface area (Å²) in [4.78, 5) is 11.3. The Balaban J connectivity index is 1.89. The monoisotopic (exact) mass is 335 g/mol. The number of esters is 1. The molecule has 0 aliphatic carbocycles. The van der Waals surface area contributed by atoms with Gasteiger partial charge in [0.2, 0.25) is 0 Å². The number of hydrogen-bond acceptors (Lipinski definition) is 5. The lowest BCUT2D eigenvalue weighted by Crippen LogP contribution is -2.03. The van der Waals surface area contributed by atoms with Crippen molar-refractivity contribution in [3.63, 3.8) is 0 Å². The van der Waals surface area contributed by atoms with Crippen molar-refractivity contribution >= 4 is 18.1 Å². The molecule has 0 atom stereocenters. The highest BCUT2D eigenvalue weighted by Crippen LogP contribution is 2.27. The minimum atomic E-state index is -0.379. The predicted molar refractivity (Wildman–Crippen MR) is 95.2 cm³/mol. The number of ether oxygens (including phenoxy) is 2. The highest BCUT2D eigenvalue weighted by atomic mass is 16.5. The molecule has 0 aliphatic rings. The van der Waals surface area contributed by atoms with Crippen LogP contribution in [0, 0.1) is 0 Å². The molecule has 0 spiro atoms. The molecule has 0 amide bonds. The van der Waals surface area contributed by atoms with Gasteiger partial charge in [0.05, 0.1) is 13.3 Å². The van der Waals surface area contributed by atoms with Crippen molar-refractivity contribution in [1.29, 1.82) is 0 Å².